The maximum absolute atomic E-state index is 4.54. The van der Waals surface area contributed by atoms with Crippen molar-refractivity contribution >= 4 is 23.1 Å². The van der Waals surface area contributed by atoms with Crippen LogP contribution >= 0.6 is 0 Å². The lowest BCUT2D eigenvalue weighted by Crippen LogP contribution is -2.24. The van der Waals surface area contributed by atoms with Gasteiger partial charge in [-0.3, -0.25) is 9.50 Å². The molecule has 31 heavy (non-hydrogen) atoms. The molecule has 152 valence electrons. The minimum Gasteiger partial charge on any atom is -0.370 e. The van der Waals surface area contributed by atoms with E-state index >= 15 is 0 Å². The first-order chi connectivity index (χ1) is 15.3. The smallest absolute Gasteiger partial charge is 0.163 e. The zero-order valence-corrected chi connectivity index (χ0v) is 16.7. The molecular formula is C23H20N8. The van der Waals surface area contributed by atoms with E-state index in [1.165, 1.54) is 5.56 Å². The summed E-state index contributed by atoms with van der Waals surface area (Å²) in [7, 11) is 0. The van der Waals surface area contributed by atoms with Crippen molar-refractivity contribution in [1.82, 2.24) is 29.8 Å². The molecule has 1 atom stereocenters. The van der Waals surface area contributed by atoms with E-state index in [2.05, 4.69) is 76.8 Å². The van der Waals surface area contributed by atoms with Gasteiger partial charge in [-0.15, -0.1) is 10.2 Å². The normalized spacial score (nSPS) is 15.0. The molecule has 5 aromatic rings. The van der Waals surface area contributed by atoms with Crippen molar-refractivity contribution in [3.8, 4) is 11.1 Å². The van der Waals surface area contributed by atoms with E-state index in [-0.39, 0.29) is 5.92 Å². The van der Waals surface area contributed by atoms with Gasteiger partial charge in [0.2, 0.25) is 0 Å². The highest BCUT2D eigenvalue weighted by molar-refractivity contribution is 5.74. The summed E-state index contributed by atoms with van der Waals surface area (Å²) in [5.74, 6) is 3.84. The summed E-state index contributed by atoms with van der Waals surface area (Å²) >= 11 is 0. The van der Waals surface area contributed by atoms with Gasteiger partial charge in [-0.1, -0.05) is 30.3 Å². The van der Waals surface area contributed by atoms with Crippen LogP contribution in [0.15, 0.2) is 73.1 Å². The third-order valence-electron chi connectivity index (χ3n) is 5.61. The summed E-state index contributed by atoms with van der Waals surface area (Å²) in [6.45, 7) is 0.828. The third-order valence-corrected chi connectivity index (χ3v) is 5.61. The average Bonchev–Trinajstić information content (AvgIpc) is 3.47. The van der Waals surface area contributed by atoms with Gasteiger partial charge in [-0.2, -0.15) is 5.10 Å². The number of nitrogens with one attached hydrogen (secondary N) is 3. The predicted octanol–water partition coefficient (Wildman–Crippen LogP) is 4.01. The molecule has 1 aliphatic rings. The topological polar surface area (TPSA) is 95.8 Å². The molecule has 1 aliphatic heterocycles. The van der Waals surface area contributed by atoms with Gasteiger partial charge in [0, 0.05) is 24.7 Å². The van der Waals surface area contributed by atoms with Crippen molar-refractivity contribution in [2.45, 2.75) is 12.3 Å². The molecule has 8 heteroatoms. The summed E-state index contributed by atoms with van der Waals surface area (Å²) < 4.78 is 2.13. The summed E-state index contributed by atoms with van der Waals surface area (Å²) in [5.41, 5.74) is 4.26. The van der Waals surface area contributed by atoms with Crippen LogP contribution in [-0.4, -0.2) is 36.3 Å². The van der Waals surface area contributed by atoms with Crippen LogP contribution in [0.2, 0.25) is 0 Å². The molecular weight excluding hydrogens is 388 g/mol. The molecule has 0 spiro atoms. The quantitative estimate of drug-likeness (QED) is 0.407. The summed E-state index contributed by atoms with van der Waals surface area (Å²) in [6, 6.07) is 20.6. The van der Waals surface area contributed by atoms with Crippen molar-refractivity contribution in [3.05, 3.63) is 84.4 Å². The van der Waals surface area contributed by atoms with E-state index in [0.29, 0.717) is 0 Å². The molecule has 0 bridgehead atoms. The number of aromatic nitrogens is 6. The van der Waals surface area contributed by atoms with Gasteiger partial charge in [0.1, 0.15) is 23.3 Å². The Hall–Kier alpha value is -4.20. The number of anilines is 3. The highest BCUT2D eigenvalue weighted by atomic mass is 15.3. The van der Waals surface area contributed by atoms with Crippen LogP contribution in [0.4, 0.5) is 17.5 Å². The molecule has 0 saturated heterocycles. The van der Waals surface area contributed by atoms with E-state index in [0.717, 1.165) is 53.0 Å². The minimum absolute atomic E-state index is 0.280. The van der Waals surface area contributed by atoms with Crippen molar-refractivity contribution in [2.24, 2.45) is 0 Å². The fourth-order valence-electron chi connectivity index (χ4n) is 4.13. The zero-order chi connectivity index (χ0) is 20.6. The Kier molecular flexibility index (Phi) is 4.12. The van der Waals surface area contributed by atoms with E-state index in [4.69, 9.17) is 0 Å². The predicted molar refractivity (Wildman–Crippen MR) is 119 cm³/mol. The van der Waals surface area contributed by atoms with Crippen LogP contribution in [0.25, 0.3) is 16.8 Å². The molecule has 1 aromatic carbocycles. The molecule has 0 amide bonds. The Morgan fingerprint density at radius 3 is 2.77 bits per heavy atom. The first kappa shape index (κ1) is 17.6. The molecule has 6 rings (SSSR count). The van der Waals surface area contributed by atoms with Gasteiger partial charge in [-0.05, 0) is 47.4 Å². The van der Waals surface area contributed by atoms with Crippen LogP contribution in [0.5, 0.6) is 0 Å². The van der Waals surface area contributed by atoms with Crippen LogP contribution in [-0.2, 0) is 6.42 Å². The van der Waals surface area contributed by atoms with Crippen molar-refractivity contribution in [1.29, 1.82) is 0 Å². The van der Waals surface area contributed by atoms with Crippen LogP contribution < -0.4 is 10.6 Å². The Labute approximate surface area is 178 Å². The highest BCUT2D eigenvalue weighted by Gasteiger charge is 2.25. The molecule has 0 fully saturated rings. The van der Waals surface area contributed by atoms with Crippen molar-refractivity contribution in [2.75, 3.05) is 17.2 Å². The first-order valence-corrected chi connectivity index (χ1v) is 10.2. The van der Waals surface area contributed by atoms with Gasteiger partial charge >= 0.3 is 0 Å². The number of pyridine rings is 2. The molecule has 1 unspecified atom stereocenters. The molecule has 0 aliphatic carbocycles. The molecule has 8 nitrogen and oxygen atoms in total. The average molecular weight is 408 g/mol. The second-order valence-corrected chi connectivity index (χ2v) is 7.67. The van der Waals surface area contributed by atoms with E-state index in [1.807, 2.05) is 24.3 Å². The van der Waals surface area contributed by atoms with Crippen molar-refractivity contribution < 1.29 is 0 Å². The first-order valence-electron chi connectivity index (χ1n) is 10.2. The maximum Gasteiger partial charge on any atom is 0.163 e. The Bertz CT molecular complexity index is 1340. The number of benzene rings is 1. The van der Waals surface area contributed by atoms with Crippen molar-refractivity contribution in [3.63, 3.8) is 0 Å². The lowest BCUT2D eigenvalue weighted by molar-refractivity contribution is 0.635. The monoisotopic (exact) mass is 408 g/mol. The second kappa shape index (κ2) is 7.24. The standard InChI is InChI=1S/C23H20N8/c1-2-4-15(5-3-1)10-18-14-25-21-12-17(13-22-29-30-23(18)31(21)22)16-6-8-24-20(11-16)27-19-7-9-26-28-19/h1-9,11-13,18,25H,10,14H2,(H2,24,26,27,28). The number of aromatic amines is 1. The summed E-state index contributed by atoms with van der Waals surface area (Å²) in [6.07, 6.45) is 4.43. The minimum atomic E-state index is 0.280. The van der Waals surface area contributed by atoms with Gasteiger partial charge in [0.05, 0.1) is 6.20 Å². The molecule has 4 aromatic heterocycles. The second-order valence-electron chi connectivity index (χ2n) is 7.67. The molecule has 0 saturated carbocycles. The lowest BCUT2D eigenvalue weighted by Gasteiger charge is -2.24. The van der Waals surface area contributed by atoms with Gasteiger partial charge in [0.25, 0.3) is 0 Å². The number of hydrogen-bond acceptors (Lipinski definition) is 6. The SMILES string of the molecule is c1ccc(CC2CNc3cc(-c4ccnc(Nc5ccn[nH]5)c4)cc4nnc2n34)cc1. The highest BCUT2D eigenvalue weighted by Crippen LogP contribution is 2.32. The van der Waals surface area contributed by atoms with Crippen LogP contribution in [0, 0.1) is 0 Å². The van der Waals surface area contributed by atoms with E-state index < -0.39 is 0 Å². The number of nitrogens with zero attached hydrogens (tertiary/aromatic N) is 5. The third kappa shape index (κ3) is 3.28. The number of hydrogen-bond donors (Lipinski definition) is 3. The summed E-state index contributed by atoms with van der Waals surface area (Å²) in [5, 5.41) is 22.7. The Morgan fingerprint density at radius 2 is 1.90 bits per heavy atom. The lowest BCUT2D eigenvalue weighted by atomic mass is 9.97. The molecule has 3 N–H and O–H groups in total. The fraction of sp³-hybridized carbons (Fsp3) is 0.130. The number of H-pyrrole nitrogens is 1. The summed E-state index contributed by atoms with van der Waals surface area (Å²) in [4.78, 5) is 4.40. The van der Waals surface area contributed by atoms with Crippen LogP contribution in [0.1, 0.15) is 17.3 Å². The molecule has 5 heterocycles. The van der Waals surface area contributed by atoms with Gasteiger partial charge in [0.15, 0.2) is 5.65 Å². The van der Waals surface area contributed by atoms with E-state index in [1.54, 1.807) is 12.4 Å². The Balaban J connectivity index is 1.34. The van der Waals surface area contributed by atoms with Gasteiger partial charge in [-0.25, -0.2) is 4.98 Å². The molecule has 0 radical (unpaired) electrons. The number of rotatable bonds is 5. The fourth-order valence-corrected chi connectivity index (χ4v) is 4.13. The maximum atomic E-state index is 4.54. The van der Waals surface area contributed by atoms with Crippen LogP contribution in [0.3, 0.4) is 0 Å². The zero-order valence-electron chi connectivity index (χ0n) is 16.7. The van der Waals surface area contributed by atoms with Gasteiger partial charge < -0.3 is 10.6 Å². The Morgan fingerprint density at radius 1 is 0.968 bits per heavy atom. The van der Waals surface area contributed by atoms with E-state index in [9.17, 15) is 0 Å². The largest absolute Gasteiger partial charge is 0.370 e.